The second-order valence-electron chi connectivity index (χ2n) is 6.44. The van der Waals surface area contributed by atoms with E-state index in [1.165, 1.54) is 25.7 Å². The molecule has 17 heavy (non-hydrogen) atoms. The van der Waals surface area contributed by atoms with Crippen molar-refractivity contribution in [2.75, 3.05) is 13.1 Å². The molecule has 0 aromatic rings. The summed E-state index contributed by atoms with van der Waals surface area (Å²) in [5, 5.41) is 3.37. The standard InChI is InChI=1S/C14H26N2O/c1-11(2)15-12-6-9-16(13(12)17)10-14(3)7-4-5-8-14/h11-12,15H,4-10H2,1-3H3. The van der Waals surface area contributed by atoms with Crippen LogP contribution in [0.15, 0.2) is 0 Å². The van der Waals surface area contributed by atoms with E-state index < -0.39 is 0 Å². The predicted molar refractivity (Wildman–Crippen MR) is 69.8 cm³/mol. The third-order valence-electron chi connectivity index (χ3n) is 4.22. The van der Waals surface area contributed by atoms with Crippen molar-refractivity contribution < 1.29 is 4.79 Å². The first-order chi connectivity index (χ1) is 8.00. The molecule has 1 unspecified atom stereocenters. The Labute approximate surface area is 105 Å². The van der Waals surface area contributed by atoms with Crippen molar-refractivity contribution in [1.82, 2.24) is 10.2 Å². The van der Waals surface area contributed by atoms with Crippen LogP contribution in [0.3, 0.4) is 0 Å². The van der Waals surface area contributed by atoms with Crippen molar-refractivity contribution in [1.29, 1.82) is 0 Å². The zero-order chi connectivity index (χ0) is 12.5. The third kappa shape index (κ3) is 3.01. The fraction of sp³-hybridized carbons (Fsp3) is 0.929. The fourth-order valence-electron chi connectivity index (χ4n) is 3.30. The molecule has 0 spiro atoms. The number of nitrogens with zero attached hydrogens (tertiary/aromatic N) is 1. The van der Waals surface area contributed by atoms with Crippen molar-refractivity contribution >= 4 is 5.91 Å². The minimum absolute atomic E-state index is 0.0694. The predicted octanol–water partition coefficient (Wildman–Crippen LogP) is 2.17. The lowest BCUT2D eigenvalue weighted by Crippen LogP contribution is -2.43. The second kappa shape index (κ2) is 4.97. The highest BCUT2D eigenvalue weighted by Gasteiger charge is 2.37. The van der Waals surface area contributed by atoms with Crippen LogP contribution in [0.5, 0.6) is 0 Å². The highest BCUT2D eigenvalue weighted by Crippen LogP contribution is 2.38. The maximum absolute atomic E-state index is 12.2. The number of nitrogens with one attached hydrogen (secondary N) is 1. The molecule has 2 rings (SSSR count). The van der Waals surface area contributed by atoms with Crippen molar-refractivity contribution in [3.05, 3.63) is 0 Å². The Morgan fingerprint density at radius 3 is 2.65 bits per heavy atom. The molecule has 98 valence electrons. The zero-order valence-corrected chi connectivity index (χ0v) is 11.5. The summed E-state index contributed by atoms with van der Waals surface area (Å²) in [5.41, 5.74) is 0.391. The quantitative estimate of drug-likeness (QED) is 0.814. The van der Waals surface area contributed by atoms with Crippen LogP contribution in [0.2, 0.25) is 0 Å². The highest BCUT2D eigenvalue weighted by molar-refractivity contribution is 5.84. The molecule has 1 aliphatic carbocycles. The van der Waals surface area contributed by atoms with E-state index >= 15 is 0 Å². The number of amides is 1. The summed E-state index contributed by atoms with van der Waals surface area (Å²) in [6.07, 6.45) is 6.24. The molecule has 1 saturated carbocycles. The number of hydrogen-bond donors (Lipinski definition) is 1. The molecule has 2 aliphatic rings. The molecule has 0 radical (unpaired) electrons. The third-order valence-corrected chi connectivity index (χ3v) is 4.22. The number of likely N-dealkylation sites (tertiary alicyclic amines) is 1. The van der Waals surface area contributed by atoms with Crippen molar-refractivity contribution in [3.8, 4) is 0 Å². The Kier molecular flexibility index (Phi) is 3.76. The van der Waals surface area contributed by atoms with Crippen LogP contribution in [0, 0.1) is 5.41 Å². The number of carbonyl (C=O) groups excluding carboxylic acids is 1. The van der Waals surface area contributed by atoms with Gasteiger partial charge in [0.1, 0.15) is 0 Å². The van der Waals surface area contributed by atoms with Gasteiger partial charge in [-0.3, -0.25) is 4.79 Å². The average Bonchev–Trinajstić information content (AvgIpc) is 2.79. The van der Waals surface area contributed by atoms with E-state index in [4.69, 9.17) is 0 Å². The smallest absolute Gasteiger partial charge is 0.239 e. The van der Waals surface area contributed by atoms with Crippen molar-refractivity contribution in [2.24, 2.45) is 5.41 Å². The van der Waals surface area contributed by atoms with Crippen LogP contribution in [-0.4, -0.2) is 36.0 Å². The monoisotopic (exact) mass is 238 g/mol. The summed E-state index contributed by atoms with van der Waals surface area (Å²) in [5.74, 6) is 0.326. The fourth-order valence-corrected chi connectivity index (χ4v) is 3.30. The van der Waals surface area contributed by atoms with Crippen LogP contribution in [0.4, 0.5) is 0 Å². The van der Waals surface area contributed by atoms with Gasteiger partial charge in [-0.25, -0.2) is 0 Å². The van der Waals surface area contributed by atoms with Crippen LogP contribution in [0.25, 0.3) is 0 Å². The summed E-state index contributed by atoms with van der Waals surface area (Å²) in [7, 11) is 0. The number of hydrogen-bond acceptors (Lipinski definition) is 2. The molecule has 0 aromatic carbocycles. The topological polar surface area (TPSA) is 32.3 Å². The molecular formula is C14H26N2O. The Morgan fingerprint density at radius 2 is 2.06 bits per heavy atom. The highest BCUT2D eigenvalue weighted by atomic mass is 16.2. The summed E-state index contributed by atoms with van der Waals surface area (Å²) in [6.45, 7) is 8.47. The first-order valence-corrected chi connectivity index (χ1v) is 7.05. The molecule has 1 amide bonds. The summed E-state index contributed by atoms with van der Waals surface area (Å²) < 4.78 is 0. The summed E-state index contributed by atoms with van der Waals surface area (Å²) >= 11 is 0. The molecule has 1 N–H and O–H groups in total. The lowest BCUT2D eigenvalue weighted by molar-refractivity contribution is -0.130. The summed E-state index contributed by atoms with van der Waals surface area (Å²) in [4.78, 5) is 14.3. The second-order valence-corrected chi connectivity index (χ2v) is 6.44. The Bertz CT molecular complexity index is 282. The van der Waals surface area contributed by atoms with E-state index in [0.717, 1.165) is 19.5 Å². The van der Waals surface area contributed by atoms with Gasteiger partial charge in [-0.1, -0.05) is 33.6 Å². The first-order valence-electron chi connectivity index (χ1n) is 7.05. The van der Waals surface area contributed by atoms with Gasteiger partial charge in [0, 0.05) is 19.1 Å². The lowest BCUT2D eigenvalue weighted by atomic mass is 9.88. The molecule has 1 saturated heterocycles. The molecule has 1 atom stereocenters. The normalized spacial score (nSPS) is 28.4. The number of carbonyl (C=O) groups is 1. The van der Waals surface area contributed by atoms with E-state index in [1.807, 2.05) is 0 Å². The van der Waals surface area contributed by atoms with Gasteiger partial charge in [-0.2, -0.15) is 0 Å². The Morgan fingerprint density at radius 1 is 1.41 bits per heavy atom. The Balaban J connectivity index is 1.89. The molecular weight excluding hydrogens is 212 g/mol. The first kappa shape index (κ1) is 12.9. The van der Waals surface area contributed by atoms with Gasteiger partial charge >= 0.3 is 0 Å². The maximum atomic E-state index is 12.2. The zero-order valence-electron chi connectivity index (χ0n) is 11.5. The summed E-state index contributed by atoms with van der Waals surface area (Å²) in [6, 6.07) is 0.464. The Hall–Kier alpha value is -0.570. The van der Waals surface area contributed by atoms with Gasteiger partial charge in [0.2, 0.25) is 5.91 Å². The average molecular weight is 238 g/mol. The van der Waals surface area contributed by atoms with Crippen LogP contribution in [-0.2, 0) is 4.79 Å². The lowest BCUT2D eigenvalue weighted by Gasteiger charge is -2.30. The largest absolute Gasteiger partial charge is 0.341 e. The number of rotatable bonds is 4. The van der Waals surface area contributed by atoms with Gasteiger partial charge in [0.15, 0.2) is 0 Å². The molecule has 3 heteroatoms. The van der Waals surface area contributed by atoms with Crippen LogP contribution in [0.1, 0.15) is 52.9 Å². The van der Waals surface area contributed by atoms with Gasteiger partial charge < -0.3 is 10.2 Å². The molecule has 2 fully saturated rings. The van der Waals surface area contributed by atoms with E-state index in [0.29, 0.717) is 17.4 Å². The van der Waals surface area contributed by atoms with Crippen LogP contribution >= 0.6 is 0 Å². The van der Waals surface area contributed by atoms with Gasteiger partial charge in [-0.15, -0.1) is 0 Å². The van der Waals surface area contributed by atoms with Gasteiger partial charge in [0.05, 0.1) is 6.04 Å². The van der Waals surface area contributed by atoms with E-state index in [9.17, 15) is 4.79 Å². The molecule has 1 aliphatic heterocycles. The molecule has 0 bridgehead atoms. The molecule has 0 aromatic heterocycles. The SMILES string of the molecule is CC(C)NC1CCN(CC2(C)CCCC2)C1=O. The van der Waals surface area contributed by atoms with Gasteiger partial charge in [0.25, 0.3) is 0 Å². The van der Waals surface area contributed by atoms with E-state index in [1.54, 1.807) is 0 Å². The van der Waals surface area contributed by atoms with Gasteiger partial charge in [-0.05, 0) is 24.7 Å². The van der Waals surface area contributed by atoms with Crippen molar-refractivity contribution in [2.45, 2.75) is 65.0 Å². The molecule has 1 heterocycles. The maximum Gasteiger partial charge on any atom is 0.239 e. The van der Waals surface area contributed by atoms with Crippen molar-refractivity contribution in [3.63, 3.8) is 0 Å². The van der Waals surface area contributed by atoms with E-state index in [2.05, 4.69) is 31.0 Å². The van der Waals surface area contributed by atoms with E-state index in [-0.39, 0.29) is 6.04 Å². The minimum atomic E-state index is 0.0694. The minimum Gasteiger partial charge on any atom is -0.341 e. The molecule has 3 nitrogen and oxygen atoms in total. The van der Waals surface area contributed by atoms with Crippen LogP contribution < -0.4 is 5.32 Å².